The van der Waals surface area contributed by atoms with Crippen LogP contribution in [0.15, 0.2) is 30.5 Å². The van der Waals surface area contributed by atoms with E-state index in [0.717, 1.165) is 16.8 Å². The van der Waals surface area contributed by atoms with Crippen molar-refractivity contribution in [2.45, 2.75) is 6.92 Å². The molecule has 0 unspecified atom stereocenters. The van der Waals surface area contributed by atoms with Crippen LogP contribution < -0.4 is 5.73 Å². The first-order valence-corrected chi connectivity index (χ1v) is 6.49. The predicted molar refractivity (Wildman–Crippen MR) is 82.2 cm³/mol. The second-order valence-electron chi connectivity index (χ2n) is 4.68. The molecule has 0 atom stereocenters. The van der Waals surface area contributed by atoms with Crippen LogP contribution in [-0.2, 0) is 0 Å². The number of thiocarbonyl (C=S) groups is 1. The van der Waals surface area contributed by atoms with Crippen LogP contribution in [0.5, 0.6) is 0 Å². The second-order valence-corrected chi connectivity index (χ2v) is 5.12. The van der Waals surface area contributed by atoms with Gasteiger partial charge in [-0.15, -0.1) is 0 Å². The van der Waals surface area contributed by atoms with Crippen molar-refractivity contribution in [2.75, 3.05) is 14.1 Å². The van der Waals surface area contributed by atoms with Crippen LogP contribution in [0, 0.1) is 6.92 Å². The van der Waals surface area contributed by atoms with Gasteiger partial charge in [-0.05, 0) is 24.6 Å². The van der Waals surface area contributed by atoms with E-state index in [0.29, 0.717) is 10.7 Å². The van der Waals surface area contributed by atoms with Gasteiger partial charge in [0.2, 0.25) is 0 Å². The van der Waals surface area contributed by atoms with Crippen molar-refractivity contribution in [1.82, 2.24) is 14.7 Å². The lowest BCUT2D eigenvalue weighted by molar-refractivity contribution is 0.0821. The Morgan fingerprint density at radius 2 is 2.05 bits per heavy atom. The summed E-state index contributed by atoms with van der Waals surface area (Å²) >= 11 is 5.07. The van der Waals surface area contributed by atoms with E-state index in [-0.39, 0.29) is 5.91 Å². The normalized spacial score (nSPS) is 10.3. The largest absolute Gasteiger partial charge is 0.389 e. The van der Waals surface area contributed by atoms with Crippen LogP contribution >= 0.6 is 12.2 Å². The Morgan fingerprint density at radius 3 is 2.65 bits per heavy atom. The minimum absolute atomic E-state index is 0.144. The molecule has 6 heteroatoms. The summed E-state index contributed by atoms with van der Waals surface area (Å²) in [7, 11) is 3.38. The summed E-state index contributed by atoms with van der Waals surface area (Å²) in [4.78, 5) is 13.7. The molecule has 1 amide bonds. The third-order valence-corrected chi connectivity index (χ3v) is 3.17. The van der Waals surface area contributed by atoms with Crippen molar-refractivity contribution in [1.29, 1.82) is 0 Å². The van der Waals surface area contributed by atoms with E-state index < -0.39 is 0 Å². The number of benzene rings is 1. The number of nitrogens with zero attached hydrogens (tertiary/aromatic N) is 3. The number of carbonyl (C=O) groups is 1. The van der Waals surface area contributed by atoms with Crippen molar-refractivity contribution < 1.29 is 4.79 Å². The Kier molecular flexibility index (Phi) is 3.85. The number of carbonyl (C=O) groups excluding carboxylic acids is 1. The monoisotopic (exact) mass is 288 g/mol. The van der Waals surface area contributed by atoms with Crippen LogP contribution in [-0.4, -0.2) is 39.7 Å². The van der Waals surface area contributed by atoms with E-state index in [1.54, 1.807) is 31.0 Å². The van der Waals surface area contributed by atoms with E-state index in [9.17, 15) is 4.79 Å². The van der Waals surface area contributed by atoms with Gasteiger partial charge in [-0.25, -0.2) is 4.68 Å². The molecule has 0 spiro atoms. The molecule has 0 saturated heterocycles. The molecule has 2 N–H and O–H groups in total. The summed E-state index contributed by atoms with van der Waals surface area (Å²) in [5.41, 5.74) is 8.67. The lowest BCUT2D eigenvalue weighted by Crippen LogP contribution is -2.22. The van der Waals surface area contributed by atoms with Gasteiger partial charge in [0.25, 0.3) is 5.91 Å². The van der Waals surface area contributed by atoms with Crippen molar-refractivity contribution >= 4 is 23.1 Å². The highest BCUT2D eigenvalue weighted by molar-refractivity contribution is 7.80. The molecular weight excluding hydrogens is 272 g/mol. The Bertz CT molecular complexity index is 676. The third-order valence-electron chi connectivity index (χ3n) is 2.95. The number of rotatable bonds is 3. The van der Waals surface area contributed by atoms with Gasteiger partial charge in [0.05, 0.1) is 5.69 Å². The van der Waals surface area contributed by atoms with Crippen LogP contribution in [0.1, 0.15) is 21.6 Å². The van der Waals surface area contributed by atoms with Crippen LogP contribution in [0.25, 0.3) is 5.69 Å². The summed E-state index contributed by atoms with van der Waals surface area (Å²) in [6, 6.07) is 7.37. The fraction of sp³-hybridized carbons (Fsp3) is 0.214. The first-order valence-electron chi connectivity index (χ1n) is 6.09. The molecule has 0 radical (unpaired) electrons. The number of nitrogens with two attached hydrogens (primary N) is 1. The zero-order valence-electron chi connectivity index (χ0n) is 11.6. The Balaban J connectivity index is 2.53. The van der Waals surface area contributed by atoms with Gasteiger partial charge in [-0.1, -0.05) is 24.4 Å². The zero-order valence-corrected chi connectivity index (χ0v) is 12.4. The summed E-state index contributed by atoms with van der Waals surface area (Å²) in [5.74, 6) is -0.144. The zero-order chi connectivity index (χ0) is 14.9. The van der Waals surface area contributed by atoms with E-state index in [1.165, 1.54) is 4.90 Å². The molecule has 0 saturated carbocycles. The average molecular weight is 288 g/mol. The molecule has 20 heavy (non-hydrogen) atoms. The number of para-hydroxylation sites is 1. The van der Waals surface area contributed by atoms with E-state index in [2.05, 4.69) is 5.10 Å². The molecule has 0 aliphatic rings. The molecule has 0 bridgehead atoms. The Hall–Kier alpha value is -2.21. The van der Waals surface area contributed by atoms with E-state index in [4.69, 9.17) is 18.0 Å². The van der Waals surface area contributed by atoms with Crippen LogP contribution in [0.2, 0.25) is 0 Å². The fourth-order valence-corrected chi connectivity index (χ4v) is 2.12. The van der Waals surface area contributed by atoms with Crippen molar-refractivity contribution in [3.05, 3.63) is 47.3 Å². The highest BCUT2D eigenvalue weighted by Gasteiger charge is 2.15. The number of aryl methyl sites for hydroxylation is 1. The van der Waals surface area contributed by atoms with Gasteiger partial charge in [0.1, 0.15) is 4.99 Å². The highest BCUT2D eigenvalue weighted by Crippen LogP contribution is 2.19. The quantitative estimate of drug-likeness (QED) is 0.870. The topological polar surface area (TPSA) is 64.2 Å². The standard InChI is InChI=1S/C14H16N4OS/c1-9-5-4-6-10(13(15)20)12(9)18-8-7-11(16-18)14(19)17(2)3/h4-8H,1-3H3,(H2,15,20). The molecule has 0 aliphatic heterocycles. The summed E-state index contributed by atoms with van der Waals surface area (Å²) < 4.78 is 1.64. The van der Waals surface area contributed by atoms with E-state index >= 15 is 0 Å². The first kappa shape index (κ1) is 14.2. The molecule has 2 aromatic rings. The molecule has 5 nitrogen and oxygen atoms in total. The van der Waals surface area contributed by atoms with Gasteiger partial charge < -0.3 is 10.6 Å². The molecule has 104 valence electrons. The number of hydrogen-bond donors (Lipinski definition) is 1. The predicted octanol–water partition coefficient (Wildman–Crippen LogP) is 1.52. The van der Waals surface area contributed by atoms with Crippen molar-refractivity contribution in [2.24, 2.45) is 5.73 Å². The molecule has 0 fully saturated rings. The number of amides is 1. The summed E-state index contributed by atoms with van der Waals surface area (Å²) in [6.07, 6.45) is 1.74. The van der Waals surface area contributed by atoms with Crippen molar-refractivity contribution in [3.8, 4) is 5.69 Å². The summed E-state index contributed by atoms with van der Waals surface area (Å²) in [5, 5.41) is 4.32. The van der Waals surface area contributed by atoms with Gasteiger partial charge in [-0.2, -0.15) is 5.10 Å². The van der Waals surface area contributed by atoms with Crippen LogP contribution in [0.4, 0.5) is 0 Å². The smallest absolute Gasteiger partial charge is 0.273 e. The molecule has 2 rings (SSSR count). The fourth-order valence-electron chi connectivity index (χ4n) is 1.95. The number of aromatic nitrogens is 2. The van der Waals surface area contributed by atoms with Crippen LogP contribution in [0.3, 0.4) is 0 Å². The maximum atomic E-state index is 11.9. The average Bonchev–Trinajstić information content (AvgIpc) is 2.86. The van der Waals surface area contributed by atoms with Gasteiger partial charge in [0, 0.05) is 25.9 Å². The number of hydrogen-bond acceptors (Lipinski definition) is 3. The van der Waals surface area contributed by atoms with Gasteiger partial charge in [-0.3, -0.25) is 4.79 Å². The lowest BCUT2D eigenvalue weighted by Gasteiger charge is -2.12. The molecule has 1 aromatic heterocycles. The van der Waals surface area contributed by atoms with E-state index in [1.807, 2.05) is 25.1 Å². The van der Waals surface area contributed by atoms with Gasteiger partial charge >= 0.3 is 0 Å². The minimum Gasteiger partial charge on any atom is -0.389 e. The first-order chi connectivity index (χ1) is 9.41. The van der Waals surface area contributed by atoms with Gasteiger partial charge in [0.15, 0.2) is 5.69 Å². The SMILES string of the molecule is Cc1cccc(C(N)=S)c1-n1ccc(C(=O)N(C)C)n1. The molecule has 1 aromatic carbocycles. The Labute approximate surface area is 123 Å². The maximum absolute atomic E-state index is 11.9. The minimum atomic E-state index is -0.144. The maximum Gasteiger partial charge on any atom is 0.273 e. The highest BCUT2D eigenvalue weighted by atomic mass is 32.1. The second kappa shape index (κ2) is 5.42. The molecule has 1 heterocycles. The molecule has 0 aliphatic carbocycles. The Morgan fingerprint density at radius 1 is 1.35 bits per heavy atom. The molecular formula is C14H16N4OS. The van der Waals surface area contributed by atoms with Crippen molar-refractivity contribution in [3.63, 3.8) is 0 Å². The third kappa shape index (κ3) is 2.55. The summed E-state index contributed by atoms with van der Waals surface area (Å²) in [6.45, 7) is 1.95. The lowest BCUT2D eigenvalue weighted by atomic mass is 10.1.